The van der Waals surface area contributed by atoms with E-state index in [2.05, 4.69) is 24.1 Å². The van der Waals surface area contributed by atoms with Crippen molar-refractivity contribution in [1.82, 2.24) is 10.2 Å². The number of carbonyl (C=O) groups is 1. The van der Waals surface area contributed by atoms with Crippen LogP contribution >= 0.6 is 0 Å². The lowest BCUT2D eigenvalue weighted by atomic mass is 10.0. The molecule has 0 bridgehead atoms. The molecule has 1 aromatic carbocycles. The number of carbonyl (C=O) groups excluding carboxylic acids is 1. The molecule has 0 unspecified atom stereocenters. The Morgan fingerprint density at radius 1 is 1.35 bits per heavy atom. The van der Waals surface area contributed by atoms with Gasteiger partial charge in [0.15, 0.2) is 0 Å². The summed E-state index contributed by atoms with van der Waals surface area (Å²) in [6.07, 6.45) is 0.317. The Balaban J connectivity index is 2.29. The number of amides is 1. The minimum absolute atomic E-state index is 0.0190. The molecule has 0 aliphatic heterocycles. The number of likely N-dealkylation sites (N-methyl/N-ethyl adjacent to an activating group) is 1. The Hall–Kier alpha value is -1.75. The molecular formula is C15H25N3O2. The van der Waals surface area contributed by atoms with Crippen molar-refractivity contribution in [1.29, 1.82) is 0 Å². The van der Waals surface area contributed by atoms with E-state index in [1.54, 1.807) is 12.1 Å². The van der Waals surface area contributed by atoms with Crippen LogP contribution in [-0.2, 0) is 4.79 Å². The number of benzene rings is 1. The number of para-hydroxylation sites is 2. The Labute approximate surface area is 121 Å². The molecule has 20 heavy (non-hydrogen) atoms. The number of nitrogens with zero attached hydrogens (tertiary/aromatic N) is 1. The summed E-state index contributed by atoms with van der Waals surface area (Å²) in [6, 6.07) is 7.26. The van der Waals surface area contributed by atoms with Crippen molar-refractivity contribution in [2.75, 3.05) is 33.0 Å². The molecule has 0 aromatic heterocycles. The lowest BCUT2D eigenvalue weighted by molar-refractivity contribution is -0.122. The van der Waals surface area contributed by atoms with E-state index in [0.29, 0.717) is 31.0 Å². The lowest BCUT2D eigenvalue weighted by Crippen LogP contribution is -2.48. The van der Waals surface area contributed by atoms with Gasteiger partial charge < -0.3 is 20.7 Å². The number of rotatable bonds is 7. The molecule has 0 saturated carbocycles. The predicted molar refractivity (Wildman–Crippen MR) is 81.7 cm³/mol. The second-order valence-electron chi connectivity index (χ2n) is 5.62. The fraction of sp³-hybridized carbons (Fsp3) is 0.533. The van der Waals surface area contributed by atoms with Crippen LogP contribution in [0.3, 0.4) is 0 Å². The SMILES string of the molecule is CN(C)C(C)(C)CNC(=O)CCOc1ccccc1N. The van der Waals surface area contributed by atoms with Crippen LogP contribution in [0.4, 0.5) is 5.69 Å². The summed E-state index contributed by atoms with van der Waals surface area (Å²) >= 11 is 0. The van der Waals surface area contributed by atoms with Gasteiger partial charge in [-0.1, -0.05) is 12.1 Å². The smallest absolute Gasteiger partial charge is 0.223 e. The molecule has 5 heteroatoms. The number of hydrogen-bond acceptors (Lipinski definition) is 4. The van der Waals surface area contributed by atoms with E-state index in [0.717, 1.165) is 0 Å². The van der Waals surface area contributed by atoms with E-state index in [1.807, 2.05) is 26.2 Å². The van der Waals surface area contributed by atoms with Gasteiger partial charge in [-0.25, -0.2) is 0 Å². The van der Waals surface area contributed by atoms with Gasteiger partial charge in [0, 0.05) is 12.1 Å². The molecule has 0 aliphatic carbocycles. The Morgan fingerprint density at radius 2 is 2.00 bits per heavy atom. The summed E-state index contributed by atoms with van der Waals surface area (Å²) in [6.45, 7) is 5.08. The third kappa shape index (κ3) is 5.09. The molecule has 1 amide bonds. The fourth-order valence-electron chi connectivity index (χ4n) is 1.43. The average Bonchev–Trinajstić information content (AvgIpc) is 2.38. The number of hydrogen-bond donors (Lipinski definition) is 2. The molecule has 1 rings (SSSR count). The summed E-state index contributed by atoms with van der Waals surface area (Å²) < 4.78 is 5.49. The van der Waals surface area contributed by atoms with E-state index in [9.17, 15) is 4.79 Å². The molecule has 0 heterocycles. The molecule has 0 saturated heterocycles. The topological polar surface area (TPSA) is 67.6 Å². The molecule has 0 aliphatic rings. The van der Waals surface area contributed by atoms with Crippen LogP contribution in [0.15, 0.2) is 24.3 Å². The molecule has 1 aromatic rings. The first-order valence-electron chi connectivity index (χ1n) is 6.74. The third-order valence-corrected chi connectivity index (χ3v) is 3.43. The minimum Gasteiger partial charge on any atom is -0.491 e. The lowest BCUT2D eigenvalue weighted by Gasteiger charge is -2.32. The van der Waals surface area contributed by atoms with Gasteiger partial charge >= 0.3 is 0 Å². The number of nitrogens with one attached hydrogen (secondary N) is 1. The average molecular weight is 279 g/mol. The summed E-state index contributed by atoms with van der Waals surface area (Å²) in [5.74, 6) is 0.600. The van der Waals surface area contributed by atoms with Gasteiger partial charge in [-0.3, -0.25) is 4.79 Å². The normalized spacial score (nSPS) is 11.4. The summed E-state index contributed by atoms with van der Waals surface area (Å²) in [7, 11) is 3.99. The van der Waals surface area contributed by atoms with Crippen molar-refractivity contribution < 1.29 is 9.53 Å². The second-order valence-corrected chi connectivity index (χ2v) is 5.62. The van der Waals surface area contributed by atoms with Crippen LogP contribution in [0.25, 0.3) is 0 Å². The van der Waals surface area contributed by atoms with E-state index in [4.69, 9.17) is 10.5 Å². The molecule has 5 nitrogen and oxygen atoms in total. The van der Waals surface area contributed by atoms with Gasteiger partial charge in [-0.2, -0.15) is 0 Å². The Bertz CT molecular complexity index is 444. The van der Waals surface area contributed by atoms with Crippen LogP contribution in [-0.4, -0.2) is 43.6 Å². The zero-order valence-corrected chi connectivity index (χ0v) is 12.8. The third-order valence-electron chi connectivity index (χ3n) is 3.43. The van der Waals surface area contributed by atoms with Crippen molar-refractivity contribution in [2.45, 2.75) is 25.8 Å². The highest BCUT2D eigenvalue weighted by atomic mass is 16.5. The van der Waals surface area contributed by atoms with Crippen molar-refractivity contribution >= 4 is 11.6 Å². The summed E-state index contributed by atoms with van der Waals surface area (Å²) in [5.41, 5.74) is 6.27. The van der Waals surface area contributed by atoms with Crippen LogP contribution in [0.2, 0.25) is 0 Å². The van der Waals surface area contributed by atoms with Crippen LogP contribution in [0.1, 0.15) is 20.3 Å². The summed E-state index contributed by atoms with van der Waals surface area (Å²) in [4.78, 5) is 13.8. The molecule has 0 radical (unpaired) electrons. The van der Waals surface area contributed by atoms with Gasteiger partial charge in [-0.05, 0) is 40.1 Å². The zero-order valence-electron chi connectivity index (χ0n) is 12.8. The minimum atomic E-state index is -0.0691. The highest BCUT2D eigenvalue weighted by Gasteiger charge is 2.20. The van der Waals surface area contributed by atoms with Crippen molar-refractivity contribution in [3.05, 3.63) is 24.3 Å². The van der Waals surface area contributed by atoms with Crippen molar-refractivity contribution in [3.63, 3.8) is 0 Å². The van der Waals surface area contributed by atoms with Crippen LogP contribution < -0.4 is 15.8 Å². The molecular weight excluding hydrogens is 254 g/mol. The molecule has 112 valence electrons. The maximum Gasteiger partial charge on any atom is 0.223 e. The van der Waals surface area contributed by atoms with E-state index in [1.165, 1.54) is 0 Å². The van der Waals surface area contributed by atoms with E-state index < -0.39 is 0 Å². The maximum atomic E-state index is 11.7. The second kappa shape index (κ2) is 7.14. The van der Waals surface area contributed by atoms with E-state index in [-0.39, 0.29) is 11.4 Å². The number of anilines is 1. The zero-order chi connectivity index (χ0) is 15.2. The van der Waals surface area contributed by atoms with E-state index >= 15 is 0 Å². The van der Waals surface area contributed by atoms with Crippen molar-refractivity contribution in [3.8, 4) is 5.75 Å². The highest BCUT2D eigenvalue weighted by Crippen LogP contribution is 2.19. The first kappa shape index (κ1) is 16.3. The van der Waals surface area contributed by atoms with Crippen LogP contribution in [0, 0.1) is 0 Å². The quantitative estimate of drug-likeness (QED) is 0.742. The van der Waals surface area contributed by atoms with Gasteiger partial charge in [0.2, 0.25) is 5.91 Å². The highest BCUT2D eigenvalue weighted by molar-refractivity contribution is 5.76. The van der Waals surface area contributed by atoms with Gasteiger partial charge in [-0.15, -0.1) is 0 Å². The molecule has 0 atom stereocenters. The van der Waals surface area contributed by atoms with Crippen LogP contribution in [0.5, 0.6) is 5.75 Å². The number of ether oxygens (including phenoxy) is 1. The van der Waals surface area contributed by atoms with Crippen molar-refractivity contribution in [2.24, 2.45) is 0 Å². The molecule has 0 fully saturated rings. The van der Waals surface area contributed by atoms with Gasteiger partial charge in [0.05, 0.1) is 18.7 Å². The predicted octanol–water partition coefficient (Wildman–Crippen LogP) is 1.49. The molecule has 0 spiro atoms. The maximum absolute atomic E-state index is 11.7. The molecule has 3 N–H and O–H groups in total. The largest absolute Gasteiger partial charge is 0.491 e. The summed E-state index contributed by atoms with van der Waals surface area (Å²) in [5, 5.41) is 2.91. The number of nitrogen functional groups attached to an aromatic ring is 1. The monoisotopic (exact) mass is 279 g/mol. The number of nitrogens with two attached hydrogens (primary N) is 1. The Kier molecular flexibility index (Phi) is 5.82. The Morgan fingerprint density at radius 3 is 2.60 bits per heavy atom. The fourth-order valence-corrected chi connectivity index (χ4v) is 1.43. The van der Waals surface area contributed by atoms with Gasteiger partial charge in [0.1, 0.15) is 5.75 Å². The standard InChI is InChI=1S/C15H25N3O2/c1-15(2,18(3)4)11-17-14(19)9-10-20-13-8-6-5-7-12(13)16/h5-8H,9-11,16H2,1-4H3,(H,17,19). The first-order chi connectivity index (χ1) is 9.33. The first-order valence-corrected chi connectivity index (χ1v) is 6.74. The van der Waals surface area contributed by atoms with Gasteiger partial charge in [0.25, 0.3) is 0 Å².